The number of benzene rings is 1. The van der Waals surface area contributed by atoms with Crippen molar-refractivity contribution in [3.8, 4) is 5.75 Å². The smallest absolute Gasteiger partial charge is 0.497 e. The van der Waals surface area contributed by atoms with E-state index in [0.29, 0.717) is 5.41 Å². The van der Waals surface area contributed by atoms with Gasteiger partial charge in [0.25, 0.3) is 0 Å². The fourth-order valence-electron chi connectivity index (χ4n) is 5.30. The molecule has 1 heterocycles. The van der Waals surface area contributed by atoms with E-state index in [1.54, 1.807) is 18.2 Å². The van der Waals surface area contributed by atoms with E-state index < -0.39 is 0 Å². The van der Waals surface area contributed by atoms with Gasteiger partial charge in [-0.15, -0.1) is 0 Å². The SMILES string of the molecule is COc1ccc2c(c1)[C@]13CCCC[C@@H]1[C@H](C2)N(C)CC3.[H+]. The first-order chi connectivity index (χ1) is 9.74. The van der Waals surface area contributed by atoms with Gasteiger partial charge in [0.05, 0.1) is 7.11 Å². The van der Waals surface area contributed by atoms with Crippen LogP contribution in [-0.2, 0) is 11.8 Å². The lowest BCUT2D eigenvalue weighted by Crippen LogP contribution is -2.59. The number of fused-ring (bicyclic) bond motifs is 1. The minimum absolute atomic E-state index is 0. The molecule has 108 valence electrons. The van der Waals surface area contributed by atoms with E-state index in [-0.39, 0.29) is 1.43 Å². The van der Waals surface area contributed by atoms with Gasteiger partial charge in [0.2, 0.25) is 0 Å². The molecule has 1 aromatic rings. The Morgan fingerprint density at radius 3 is 3.05 bits per heavy atom. The van der Waals surface area contributed by atoms with Crippen LogP contribution in [0.15, 0.2) is 18.2 Å². The molecule has 20 heavy (non-hydrogen) atoms. The summed E-state index contributed by atoms with van der Waals surface area (Å²) in [6.07, 6.45) is 8.22. The summed E-state index contributed by atoms with van der Waals surface area (Å²) in [5.74, 6) is 1.91. The lowest BCUT2D eigenvalue weighted by Gasteiger charge is -2.58. The quantitative estimate of drug-likeness (QED) is 0.776. The molecule has 3 atom stereocenters. The van der Waals surface area contributed by atoms with Crippen LogP contribution in [0.1, 0.15) is 44.7 Å². The van der Waals surface area contributed by atoms with Gasteiger partial charge in [0, 0.05) is 11.5 Å². The highest BCUT2D eigenvalue weighted by Crippen LogP contribution is 2.55. The zero-order valence-electron chi connectivity index (χ0n) is 13.7. The minimum atomic E-state index is 0. The Labute approximate surface area is 123 Å². The molecule has 3 aliphatic rings. The Morgan fingerprint density at radius 1 is 1.30 bits per heavy atom. The molecule has 2 aliphatic carbocycles. The molecule has 1 saturated carbocycles. The summed E-state index contributed by atoms with van der Waals surface area (Å²) < 4.78 is 5.51. The van der Waals surface area contributed by atoms with Crippen molar-refractivity contribution < 1.29 is 6.16 Å². The Hall–Kier alpha value is -1.02. The largest absolute Gasteiger partial charge is 1.00 e. The van der Waals surface area contributed by atoms with Crippen LogP contribution in [0.3, 0.4) is 0 Å². The molecule has 2 heteroatoms. The molecule has 0 N–H and O–H groups in total. The van der Waals surface area contributed by atoms with Crippen LogP contribution in [0.5, 0.6) is 5.75 Å². The second kappa shape index (κ2) is 4.49. The Kier molecular flexibility index (Phi) is 2.85. The topological polar surface area (TPSA) is 12.5 Å². The summed E-state index contributed by atoms with van der Waals surface area (Å²) in [6, 6.07) is 7.60. The summed E-state index contributed by atoms with van der Waals surface area (Å²) in [6.45, 7) is 1.26. The van der Waals surface area contributed by atoms with Crippen LogP contribution in [0.25, 0.3) is 0 Å². The number of likely N-dealkylation sites (tertiary alicyclic amines) is 1. The molecule has 2 bridgehead atoms. The van der Waals surface area contributed by atoms with Crippen LogP contribution in [-0.4, -0.2) is 31.6 Å². The van der Waals surface area contributed by atoms with Crippen molar-refractivity contribution >= 4 is 0 Å². The maximum Gasteiger partial charge on any atom is 1.00 e. The summed E-state index contributed by atoms with van der Waals surface area (Å²) >= 11 is 0. The highest BCUT2D eigenvalue weighted by atomic mass is 16.5. The van der Waals surface area contributed by atoms with E-state index in [1.807, 2.05) is 0 Å². The lowest BCUT2D eigenvalue weighted by molar-refractivity contribution is 0.00274. The van der Waals surface area contributed by atoms with Gasteiger partial charge in [0.15, 0.2) is 0 Å². The normalized spacial score (nSPS) is 36.1. The van der Waals surface area contributed by atoms with Gasteiger partial charge < -0.3 is 9.64 Å². The van der Waals surface area contributed by atoms with Crippen molar-refractivity contribution in [3.05, 3.63) is 29.3 Å². The van der Waals surface area contributed by atoms with E-state index in [0.717, 1.165) is 17.7 Å². The number of piperidine rings is 1. The van der Waals surface area contributed by atoms with E-state index in [1.165, 1.54) is 45.1 Å². The van der Waals surface area contributed by atoms with Crippen LogP contribution < -0.4 is 4.74 Å². The number of ether oxygens (including phenoxy) is 1. The highest BCUT2D eigenvalue weighted by Gasteiger charge is 2.53. The molecule has 2 nitrogen and oxygen atoms in total. The molecule has 0 radical (unpaired) electrons. The van der Waals surface area contributed by atoms with Crippen molar-refractivity contribution in [1.29, 1.82) is 0 Å². The molecular formula is C18H26NO+. The van der Waals surface area contributed by atoms with Gasteiger partial charge in [-0.3, -0.25) is 0 Å². The maximum absolute atomic E-state index is 5.51. The fraction of sp³-hybridized carbons (Fsp3) is 0.667. The van der Waals surface area contributed by atoms with Gasteiger partial charge in [-0.2, -0.15) is 0 Å². The number of hydrogen-bond donors (Lipinski definition) is 0. The van der Waals surface area contributed by atoms with Crippen LogP contribution in [0.4, 0.5) is 0 Å². The summed E-state index contributed by atoms with van der Waals surface area (Å²) in [5, 5.41) is 0. The first-order valence-electron chi connectivity index (χ1n) is 8.12. The number of likely N-dealkylation sites (N-methyl/N-ethyl adjacent to an activating group) is 1. The first-order valence-corrected chi connectivity index (χ1v) is 8.12. The molecule has 0 spiro atoms. The average molecular weight is 272 g/mol. The molecule has 4 rings (SSSR count). The number of rotatable bonds is 1. The highest BCUT2D eigenvalue weighted by molar-refractivity contribution is 5.45. The van der Waals surface area contributed by atoms with E-state index in [2.05, 4.69) is 30.1 Å². The van der Waals surface area contributed by atoms with Crippen LogP contribution in [0, 0.1) is 5.92 Å². The van der Waals surface area contributed by atoms with Gasteiger partial charge in [0.1, 0.15) is 5.75 Å². The van der Waals surface area contributed by atoms with Crippen molar-refractivity contribution in [3.63, 3.8) is 0 Å². The predicted octanol–water partition coefficient (Wildman–Crippen LogP) is 3.50. The zero-order valence-corrected chi connectivity index (χ0v) is 12.7. The first kappa shape index (κ1) is 12.7. The van der Waals surface area contributed by atoms with E-state index >= 15 is 0 Å². The number of hydrogen-bond acceptors (Lipinski definition) is 2. The van der Waals surface area contributed by atoms with Crippen molar-refractivity contribution in [2.45, 2.75) is 50.0 Å². The third-order valence-electron chi connectivity index (χ3n) is 6.32. The van der Waals surface area contributed by atoms with Crippen molar-refractivity contribution in [1.82, 2.24) is 4.90 Å². The predicted molar refractivity (Wildman–Crippen MR) is 82.5 cm³/mol. The molecule has 0 unspecified atom stereocenters. The lowest BCUT2D eigenvalue weighted by atomic mass is 9.52. The number of nitrogens with zero attached hydrogens (tertiary/aromatic N) is 1. The Bertz CT molecular complexity index is 532. The minimum Gasteiger partial charge on any atom is -0.497 e. The third kappa shape index (κ3) is 1.60. The third-order valence-corrected chi connectivity index (χ3v) is 6.32. The van der Waals surface area contributed by atoms with Gasteiger partial charge in [-0.25, -0.2) is 0 Å². The molecule has 1 aromatic carbocycles. The van der Waals surface area contributed by atoms with Crippen molar-refractivity contribution in [2.75, 3.05) is 20.7 Å². The van der Waals surface area contributed by atoms with Crippen molar-refractivity contribution in [2.24, 2.45) is 5.92 Å². The number of methoxy groups -OCH3 is 1. The van der Waals surface area contributed by atoms with E-state index in [4.69, 9.17) is 4.74 Å². The second-order valence-electron chi connectivity index (χ2n) is 7.03. The zero-order chi connectivity index (χ0) is 13.7. The molecule has 1 aliphatic heterocycles. The van der Waals surface area contributed by atoms with E-state index in [9.17, 15) is 0 Å². The Morgan fingerprint density at radius 2 is 2.20 bits per heavy atom. The van der Waals surface area contributed by atoms with Gasteiger partial charge in [-0.1, -0.05) is 18.9 Å². The molecule has 0 aromatic heterocycles. The average Bonchev–Trinajstić information content (AvgIpc) is 2.50. The summed E-state index contributed by atoms with van der Waals surface area (Å²) in [5.41, 5.74) is 3.67. The second-order valence-corrected chi connectivity index (χ2v) is 7.03. The van der Waals surface area contributed by atoms with Gasteiger partial charge >= 0.3 is 1.43 Å². The summed E-state index contributed by atoms with van der Waals surface area (Å²) in [4.78, 5) is 2.63. The monoisotopic (exact) mass is 272 g/mol. The summed E-state index contributed by atoms with van der Waals surface area (Å²) in [7, 11) is 4.12. The molecule has 0 amide bonds. The molecular weight excluding hydrogens is 246 g/mol. The van der Waals surface area contributed by atoms with Crippen LogP contribution >= 0.6 is 0 Å². The standard InChI is InChI=1S/C18H25NO/c1-19-10-9-18-8-4-3-5-15(18)17(19)11-13-6-7-14(20-2)12-16(13)18/h6-7,12,15,17H,3-5,8-11H2,1-2H3/p+1/t15-,17+,18+/m1/s1. The molecule has 2 fully saturated rings. The molecule has 1 saturated heterocycles. The maximum atomic E-state index is 5.51. The van der Waals surface area contributed by atoms with Crippen LogP contribution in [0.2, 0.25) is 0 Å². The fourth-order valence-corrected chi connectivity index (χ4v) is 5.30. The Balaban J connectivity index is 0.00000132. The van der Waals surface area contributed by atoms with Gasteiger partial charge in [-0.05, 0) is 68.5 Å².